The molecule has 1 fully saturated rings. The van der Waals surface area contributed by atoms with E-state index in [4.69, 9.17) is 5.10 Å². The number of nitrogens with zero attached hydrogens (tertiary/aromatic N) is 7. The number of hydrogen-bond donors (Lipinski definition) is 0. The fraction of sp³-hybridized carbons (Fsp3) is 0.148. The molecule has 0 atom stereocenters. The Labute approximate surface area is 197 Å². The fourth-order valence-corrected chi connectivity index (χ4v) is 4.43. The van der Waals surface area contributed by atoms with E-state index in [1.165, 1.54) is 10.8 Å². The molecule has 166 valence electrons. The van der Waals surface area contributed by atoms with Gasteiger partial charge in [0, 0.05) is 62.1 Å². The standard InChI is InChI=1S/C27H23N7/c1-2-5-22-18-23(7-6-20(22)4-1)26-24(21-8-12-28-13-9-21)19-25(31-32-26)33-14-16-34(17-15-33)27-29-10-3-11-30-27/h1-13,18-19H,14-17H2. The van der Waals surface area contributed by atoms with Gasteiger partial charge in [0.15, 0.2) is 5.82 Å². The summed E-state index contributed by atoms with van der Waals surface area (Å²) in [6.07, 6.45) is 7.20. The molecule has 0 unspecified atom stereocenters. The van der Waals surface area contributed by atoms with E-state index in [0.717, 1.165) is 60.3 Å². The Balaban J connectivity index is 1.34. The molecule has 5 aromatic rings. The number of hydrogen-bond acceptors (Lipinski definition) is 7. The first-order chi connectivity index (χ1) is 16.8. The van der Waals surface area contributed by atoms with Crippen molar-refractivity contribution in [2.75, 3.05) is 36.0 Å². The molecule has 0 radical (unpaired) electrons. The van der Waals surface area contributed by atoms with Crippen LogP contribution < -0.4 is 9.80 Å². The molecule has 7 nitrogen and oxygen atoms in total. The van der Waals surface area contributed by atoms with Crippen molar-refractivity contribution in [3.8, 4) is 22.4 Å². The Morgan fingerprint density at radius 3 is 2.12 bits per heavy atom. The molecule has 0 bridgehead atoms. The third kappa shape index (κ3) is 3.92. The molecule has 0 saturated carbocycles. The molecule has 1 aliphatic rings. The van der Waals surface area contributed by atoms with E-state index >= 15 is 0 Å². The van der Waals surface area contributed by atoms with E-state index in [0.29, 0.717) is 0 Å². The molecule has 6 rings (SSSR count). The van der Waals surface area contributed by atoms with Crippen LogP contribution in [0.4, 0.5) is 11.8 Å². The molecule has 0 spiro atoms. The van der Waals surface area contributed by atoms with Crippen LogP contribution in [0.2, 0.25) is 0 Å². The topological polar surface area (TPSA) is 70.9 Å². The maximum atomic E-state index is 4.73. The maximum Gasteiger partial charge on any atom is 0.225 e. The Hall–Kier alpha value is -4.39. The van der Waals surface area contributed by atoms with E-state index in [1.807, 2.05) is 30.6 Å². The Bertz CT molecular complexity index is 1420. The van der Waals surface area contributed by atoms with Crippen LogP contribution in [-0.4, -0.2) is 51.3 Å². The van der Waals surface area contributed by atoms with Crippen LogP contribution in [-0.2, 0) is 0 Å². The van der Waals surface area contributed by atoms with Gasteiger partial charge in [0.1, 0.15) is 5.69 Å². The lowest BCUT2D eigenvalue weighted by atomic mass is 9.98. The van der Waals surface area contributed by atoms with E-state index in [-0.39, 0.29) is 0 Å². The summed E-state index contributed by atoms with van der Waals surface area (Å²) in [6.45, 7) is 3.33. The smallest absolute Gasteiger partial charge is 0.225 e. The molecule has 34 heavy (non-hydrogen) atoms. The Morgan fingerprint density at radius 2 is 1.32 bits per heavy atom. The van der Waals surface area contributed by atoms with Crippen molar-refractivity contribution in [1.82, 2.24) is 25.1 Å². The number of piperazine rings is 1. The molecule has 0 amide bonds. The van der Waals surface area contributed by atoms with Crippen molar-refractivity contribution in [1.29, 1.82) is 0 Å². The van der Waals surface area contributed by atoms with Crippen LogP contribution >= 0.6 is 0 Å². The van der Waals surface area contributed by atoms with Gasteiger partial charge in [0.05, 0.1) is 0 Å². The first-order valence-electron chi connectivity index (χ1n) is 11.4. The first-order valence-corrected chi connectivity index (χ1v) is 11.4. The third-order valence-electron chi connectivity index (χ3n) is 6.23. The highest BCUT2D eigenvalue weighted by molar-refractivity contribution is 5.90. The summed E-state index contributed by atoms with van der Waals surface area (Å²) in [5, 5.41) is 11.8. The van der Waals surface area contributed by atoms with Crippen molar-refractivity contribution in [3.63, 3.8) is 0 Å². The van der Waals surface area contributed by atoms with Gasteiger partial charge in [-0.15, -0.1) is 10.2 Å². The summed E-state index contributed by atoms with van der Waals surface area (Å²) in [6, 6.07) is 22.9. The number of anilines is 2. The van der Waals surface area contributed by atoms with Crippen LogP contribution in [0, 0.1) is 0 Å². The molecular weight excluding hydrogens is 422 g/mol. The monoisotopic (exact) mass is 445 g/mol. The zero-order chi connectivity index (χ0) is 22.7. The lowest BCUT2D eigenvalue weighted by Gasteiger charge is -2.35. The molecule has 7 heteroatoms. The largest absolute Gasteiger partial charge is 0.352 e. The quantitative estimate of drug-likeness (QED) is 0.404. The van der Waals surface area contributed by atoms with Gasteiger partial charge in [-0.1, -0.05) is 36.4 Å². The number of rotatable bonds is 4. The second-order valence-corrected chi connectivity index (χ2v) is 8.29. The normalized spacial score (nSPS) is 13.9. The average Bonchev–Trinajstić information content (AvgIpc) is 2.93. The SMILES string of the molecule is c1cnc(N2CCN(c3cc(-c4ccncc4)c(-c4ccc5ccccc5c4)nn3)CC2)nc1. The molecule has 1 saturated heterocycles. The van der Waals surface area contributed by atoms with Gasteiger partial charge in [-0.2, -0.15) is 0 Å². The summed E-state index contributed by atoms with van der Waals surface area (Å²) in [7, 11) is 0. The molecule has 4 heterocycles. The number of benzene rings is 2. The molecular formula is C27H23N7. The first kappa shape index (κ1) is 20.2. The van der Waals surface area contributed by atoms with Gasteiger partial charge in [-0.25, -0.2) is 9.97 Å². The predicted molar refractivity (Wildman–Crippen MR) is 135 cm³/mol. The summed E-state index contributed by atoms with van der Waals surface area (Å²) >= 11 is 0. The number of pyridine rings is 1. The highest BCUT2D eigenvalue weighted by Crippen LogP contribution is 2.33. The van der Waals surface area contributed by atoms with Crippen LogP contribution in [0.5, 0.6) is 0 Å². The minimum Gasteiger partial charge on any atom is -0.352 e. The predicted octanol–water partition coefficient (Wildman–Crippen LogP) is 4.48. The summed E-state index contributed by atoms with van der Waals surface area (Å²) in [4.78, 5) is 17.5. The zero-order valence-corrected chi connectivity index (χ0v) is 18.6. The van der Waals surface area contributed by atoms with Gasteiger partial charge in [-0.3, -0.25) is 4.98 Å². The van der Waals surface area contributed by atoms with E-state index in [1.54, 1.807) is 12.4 Å². The minimum absolute atomic E-state index is 0.775. The molecule has 1 aliphatic heterocycles. The van der Waals surface area contributed by atoms with Crippen molar-refractivity contribution < 1.29 is 0 Å². The summed E-state index contributed by atoms with van der Waals surface area (Å²) < 4.78 is 0. The average molecular weight is 446 g/mol. The van der Waals surface area contributed by atoms with Crippen LogP contribution in [0.25, 0.3) is 33.2 Å². The molecule has 0 N–H and O–H groups in total. The Morgan fingerprint density at radius 1 is 0.588 bits per heavy atom. The van der Waals surface area contributed by atoms with Gasteiger partial charge in [-0.05, 0) is 46.7 Å². The molecule has 3 aromatic heterocycles. The zero-order valence-electron chi connectivity index (χ0n) is 18.6. The van der Waals surface area contributed by atoms with Gasteiger partial charge >= 0.3 is 0 Å². The molecule has 2 aromatic carbocycles. The van der Waals surface area contributed by atoms with Crippen LogP contribution in [0.15, 0.2) is 91.5 Å². The maximum absolute atomic E-state index is 4.73. The van der Waals surface area contributed by atoms with Gasteiger partial charge in [0.25, 0.3) is 0 Å². The molecule has 0 aliphatic carbocycles. The fourth-order valence-electron chi connectivity index (χ4n) is 4.43. The van der Waals surface area contributed by atoms with Crippen LogP contribution in [0.1, 0.15) is 0 Å². The Kier molecular flexibility index (Phi) is 5.27. The minimum atomic E-state index is 0.775. The number of aromatic nitrogens is 5. The summed E-state index contributed by atoms with van der Waals surface area (Å²) in [5.74, 6) is 1.65. The second kappa shape index (κ2) is 8.86. The van der Waals surface area contributed by atoms with E-state index < -0.39 is 0 Å². The van der Waals surface area contributed by atoms with Crippen molar-refractivity contribution in [3.05, 3.63) is 91.5 Å². The van der Waals surface area contributed by atoms with Gasteiger partial charge < -0.3 is 9.80 Å². The number of fused-ring (bicyclic) bond motifs is 1. The third-order valence-corrected chi connectivity index (χ3v) is 6.23. The lowest BCUT2D eigenvalue weighted by molar-refractivity contribution is 0.631. The van der Waals surface area contributed by atoms with E-state index in [9.17, 15) is 0 Å². The van der Waals surface area contributed by atoms with Crippen LogP contribution in [0.3, 0.4) is 0 Å². The highest BCUT2D eigenvalue weighted by Gasteiger charge is 2.22. The van der Waals surface area contributed by atoms with Crippen molar-refractivity contribution >= 4 is 22.5 Å². The lowest BCUT2D eigenvalue weighted by Crippen LogP contribution is -2.47. The van der Waals surface area contributed by atoms with Gasteiger partial charge in [0.2, 0.25) is 5.95 Å². The summed E-state index contributed by atoms with van der Waals surface area (Å²) in [5.41, 5.74) is 4.05. The van der Waals surface area contributed by atoms with Crippen molar-refractivity contribution in [2.45, 2.75) is 0 Å². The van der Waals surface area contributed by atoms with Crippen molar-refractivity contribution in [2.24, 2.45) is 0 Å². The van der Waals surface area contributed by atoms with E-state index in [2.05, 4.69) is 78.4 Å². The second-order valence-electron chi connectivity index (χ2n) is 8.29. The highest BCUT2D eigenvalue weighted by atomic mass is 15.3.